The summed E-state index contributed by atoms with van der Waals surface area (Å²) in [4.78, 5) is 2.67. The van der Waals surface area contributed by atoms with Crippen molar-refractivity contribution in [2.75, 3.05) is 10.1 Å². The maximum absolute atomic E-state index is 4.27. The summed E-state index contributed by atoms with van der Waals surface area (Å²) in [7, 11) is 0. The normalized spacial score (nSPS) is 16.6. The molecule has 12 rings (SSSR count). The van der Waals surface area contributed by atoms with Gasteiger partial charge in [-0.2, -0.15) is 0 Å². The van der Waals surface area contributed by atoms with E-state index in [-0.39, 0.29) is 28.5 Å². The van der Waals surface area contributed by atoms with Gasteiger partial charge >= 0.3 is 6.85 Å². The van der Waals surface area contributed by atoms with Gasteiger partial charge < -0.3 is 10.1 Å². The molecule has 0 unspecified atom stereocenters. The van der Waals surface area contributed by atoms with Gasteiger partial charge in [0.2, 0.25) is 0 Å². The Bertz CT molecular complexity index is 3250. The highest BCUT2D eigenvalue weighted by Crippen LogP contribution is 2.57. The van der Waals surface area contributed by atoms with Crippen LogP contribution in [0.4, 0.5) is 22.7 Å². The maximum Gasteiger partial charge on any atom is 0.333 e. The molecule has 0 fully saturated rings. The van der Waals surface area contributed by atoms with Crippen molar-refractivity contribution < 1.29 is 0 Å². The smallest absolute Gasteiger partial charge is 0.333 e. The molecule has 0 saturated heterocycles. The number of fused-ring (bicyclic) bond motifs is 9. The molecular formula is C62H57BN2. The van der Waals surface area contributed by atoms with Crippen LogP contribution >= 0.6 is 0 Å². The van der Waals surface area contributed by atoms with E-state index in [9.17, 15) is 0 Å². The molecule has 2 aliphatic carbocycles. The van der Waals surface area contributed by atoms with Crippen LogP contribution in [0.2, 0.25) is 0 Å². The molecule has 2 aliphatic heterocycles. The molecule has 0 radical (unpaired) electrons. The third-order valence-corrected chi connectivity index (χ3v) is 16.2. The van der Waals surface area contributed by atoms with Crippen LogP contribution in [-0.4, -0.2) is 6.85 Å². The number of hydrogen-bond donors (Lipinski definition) is 1. The van der Waals surface area contributed by atoms with E-state index in [1.807, 2.05) is 0 Å². The molecule has 0 saturated carbocycles. The zero-order chi connectivity index (χ0) is 44.6. The SMILES string of the molecule is CC1(C)CCC(C)(C)c2cc(C(C)(C)c3cccc4c3Nc3cc5c(c6c3B4N(c3cccc(-c4ccccc4)c3)c3ccc(-c4ccccc4)cc3-6)-c3ccccc3C5(C)C)ccc21. The summed E-state index contributed by atoms with van der Waals surface area (Å²) in [6.45, 7) is 19.4. The van der Waals surface area contributed by atoms with E-state index in [0.717, 1.165) is 0 Å². The van der Waals surface area contributed by atoms with E-state index in [1.165, 1.54) is 124 Å². The number of benzene rings is 8. The molecule has 318 valence electrons. The lowest BCUT2D eigenvalue weighted by Crippen LogP contribution is -2.61. The summed E-state index contributed by atoms with van der Waals surface area (Å²) in [5, 5.41) is 4.27. The average molecular weight is 841 g/mol. The molecule has 2 heterocycles. The van der Waals surface area contributed by atoms with Gasteiger partial charge in [-0.3, -0.25) is 0 Å². The molecule has 65 heavy (non-hydrogen) atoms. The van der Waals surface area contributed by atoms with Crippen molar-refractivity contribution in [2.45, 2.75) is 89.9 Å². The van der Waals surface area contributed by atoms with Gasteiger partial charge in [-0.15, -0.1) is 0 Å². The second-order valence-corrected chi connectivity index (χ2v) is 21.6. The van der Waals surface area contributed by atoms with Crippen LogP contribution in [0.3, 0.4) is 0 Å². The Morgan fingerprint density at radius 2 is 1.15 bits per heavy atom. The van der Waals surface area contributed by atoms with Gasteiger partial charge in [0.05, 0.1) is 0 Å². The Hall–Kier alpha value is -6.58. The highest BCUT2D eigenvalue weighted by atomic mass is 15.1. The number of hydrogen-bond acceptors (Lipinski definition) is 2. The van der Waals surface area contributed by atoms with Crippen molar-refractivity contribution in [3.05, 3.63) is 203 Å². The zero-order valence-corrected chi connectivity index (χ0v) is 39.1. The second kappa shape index (κ2) is 14.0. The highest BCUT2D eigenvalue weighted by molar-refractivity contribution is 6.93. The van der Waals surface area contributed by atoms with Crippen molar-refractivity contribution in [3.8, 4) is 44.5 Å². The molecule has 2 nitrogen and oxygen atoms in total. The monoisotopic (exact) mass is 840 g/mol. The van der Waals surface area contributed by atoms with Gasteiger partial charge in [0.1, 0.15) is 0 Å². The lowest BCUT2D eigenvalue weighted by molar-refractivity contribution is 0.331. The topological polar surface area (TPSA) is 15.3 Å². The molecule has 0 atom stereocenters. The van der Waals surface area contributed by atoms with Crippen LogP contribution in [0.25, 0.3) is 44.5 Å². The predicted octanol–water partition coefficient (Wildman–Crippen LogP) is 15.0. The largest absolute Gasteiger partial charge is 0.376 e. The Balaban J connectivity index is 1.14. The van der Waals surface area contributed by atoms with Crippen LogP contribution < -0.4 is 21.1 Å². The van der Waals surface area contributed by atoms with Crippen molar-refractivity contribution in [2.24, 2.45) is 0 Å². The van der Waals surface area contributed by atoms with E-state index >= 15 is 0 Å². The fourth-order valence-corrected chi connectivity index (χ4v) is 12.3. The van der Waals surface area contributed by atoms with Crippen molar-refractivity contribution in [1.29, 1.82) is 0 Å². The zero-order valence-electron chi connectivity index (χ0n) is 39.1. The van der Waals surface area contributed by atoms with Crippen molar-refractivity contribution in [1.82, 2.24) is 0 Å². The van der Waals surface area contributed by atoms with Gasteiger partial charge in [-0.1, -0.05) is 195 Å². The minimum Gasteiger partial charge on any atom is -0.376 e. The van der Waals surface area contributed by atoms with Crippen molar-refractivity contribution in [3.63, 3.8) is 0 Å². The van der Waals surface area contributed by atoms with Gasteiger partial charge in [0.25, 0.3) is 0 Å². The second-order valence-electron chi connectivity index (χ2n) is 21.6. The summed E-state index contributed by atoms with van der Waals surface area (Å²) < 4.78 is 0. The number of anilines is 4. The van der Waals surface area contributed by atoms with Crippen molar-refractivity contribution >= 4 is 40.5 Å². The Kier molecular flexibility index (Phi) is 8.59. The quantitative estimate of drug-likeness (QED) is 0.174. The Labute approximate surface area is 386 Å². The number of rotatable bonds is 5. The minimum atomic E-state index is -0.299. The molecule has 0 spiro atoms. The first-order valence-corrected chi connectivity index (χ1v) is 23.8. The average Bonchev–Trinajstić information content (AvgIpc) is 3.55. The molecule has 1 N–H and O–H groups in total. The molecule has 8 aromatic rings. The van der Waals surface area contributed by atoms with E-state index in [0.29, 0.717) is 0 Å². The minimum absolute atomic E-state index is 0.0995. The number of nitrogens with zero attached hydrogens (tertiary/aromatic N) is 1. The number of para-hydroxylation sites is 1. The summed E-state index contributed by atoms with van der Waals surface area (Å²) in [5.41, 5.74) is 26.0. The predicted molar refractivity (Wildman–Crippen MR) is 277 cm³/mol. The molecule has 0 aromatic heterocycles. The fraction of sp³-hybridized carbons (Fsp3) is 0.226. The Morgan fingerprint density at radius 3 is 1.89 bits per heavy atom. The van der Waals surface area contributed by atoms with Crippen LogP contribution in [0.5, 0.6) is 0 Å². The molecular weight excluding hydrogens is 784 g/mol. The van der Waals surface area contributed by atoms with Crippen LogP contribution in [0.1, 0.15) is 102 Å². The Morgan fingerprint density at radius 1 is 0.508 bits per heavy atom. The summed E-state index contributed by atoms with van der Waals surface area (Å²) in [5.74, 6) is 0. The van der Waals surface area contributed by atoms with Crippen LogP contribution in [-0.2, 0) is 21.7 Å². The van der Waals surface area contributed by atoms with Gasteiger partial charge in [-0.05, 0) is 137 Å². The van der Waals surface area contributed by atoms with Crippen LogP contribution in [0, 0.1) is 0 Å². The van der Waals surface area contributed by atoms with Gasteiger partial charge in [-0.25, -0.2) is 0 Å². The standard InChI is InChI=1S/C62H57BN2/c1-59(2)33-34-60(3,4)50-37-43(30-31-48(50)59)61(5,6)49-27-18-28-52-58(49)64-53-38-51-55(45-25-15-16-26-47(45)62(51,7)8)56-46-36-42(40-21-13-10-14-22-40)29-32-54(46)65(63(52)57(53)56)44-24-17-23-41(35-44)39-19-11-9-12-20-39/h9-32,35-38,64H,33-34H2,1-8H3. The molecule has 4 aliphatic rings. The van der Waals surface area contributed by atoms with E-state index in [2.05, 4.69) is 235 Å². The van der Waals surface area contributed by atoms with E-state index < -0.39 is 0 Å². The van der Waals surface area contributed by atoms with Gasteiger partial charge in [0, 0.05) is 39.1 Å². The first-order chi connectivity index (χ1) is 31.2. The number of nitrogens with one attached hydrogen (secondary N) is 1. The molecule has 3 heteroatoms. The van der Waals surface area contributed by atoms with Gasteiger partial charge in [0.15, 0.2) is 0 Å². The highest BCUT2D eigenvalue weighted by Gasteiger charge is 2.49. The summed E-state index contributed by atoms with van der Waals surface area (Å²) in [6, 6.07) is 64.5. The fourth-order valence-electron chi connectivity index (χ4n) is 12.3. The van der Waals surface area contributed by atoms with Crippen LogP contribution in [0.15, 0.2) is 170 Å². The lowest BCUT2D eigenvalue weighted by atomic mass is 9.42. The lowest BCUT2D eigenvalue weighted by Gasteiger charge is -2.45. The van der Waals surface area contributed by atoms with E-state index in [1.54, 1.807) is 0 Å². The van der Waals surface area contributed by atoms with E-state index in [4.69, 9.17) is 0 Å². The summed E-state index contributed by atoms with van der Waals surface area (Å²) >= 11 is 0. The maximum atomic E-state index is 4.27. The third-order valence-electron chi connectivity index (χ3n) is 16.2. The molecule has 0 bridgehead atoms. The molecule has 8 aromatic carbocycles. The first kappa shape index (κ1) is 40.0. The third kappa shape index (κ3) is 5.87. The first-order valence-electron chi connectivity index (χ1n) is 23.8. The molecule has 0 amide bonds. The summed E-state index contributed by atoms with van der Waals surface area (Å²) in [6.07, 6.45) is 2.40.